The van der Waals surface area contributed by atoms with Crippen LogP contribution in [0.3, 0.4) is 0 Å². The SMILES string of the molecule is CC(C)CCOCCN1CCCC1CCCBr. The number of rotatable bonds is 9. The lowest BCUT2D eigenvalue weighted by Crippen LogP contribution is -2.32. The first-order valence-corrected chi connectivity index (χ1v) is 8.24. The van der Waals surface area contributed by atoms with Crippen LogP contribution in [0.2, 0.25) is 0 Å². The molecule has 1 rings (SSSR count). The van der Waals surface area contributed by atoms with Crippen LogP contribution in [-0.2, 0) is 4.74 Å². The van der Waals surface area contributed by atoms with Gasteiger partial charge in [0, 0.05) is 24.5 Å². The van der Waals surface area contributed by atoms with Gasteiger partial charge in [0.1, 0.15) is 0 Å². The van der Waals surface area contributed by atoms with E-state index in [1.807, 2.05) is 0 Å². The zero-order valence-electron chi connectivity index (χ0n) is 11.5. The van der Waals surface area contributed by atoms with Crippen molar-refractivity contribution in [3.8, 4) is 0 Å². The van der Waals surface area contributed by atoms with Gasteiger partial charge in [0.15, 0.2) is 0 Å². The van der Waals surface area contributed by atoms with Crippen molar-refractivity contribution >= 4 is 15.9 Å². The van der Waals surface area contributed by atoms with Crippen LogP contribution in [0.4, 0.5) is 0 Å². The Balaban J connectivity index is 2.04. The van der Waals surface area contributed by atoms with Crippen molar-refractivity contribution in [2.24, 2.45) is 5.92 Å². The van der Waals surface area contributed by atoms with Crippen LogP contribution in [0, 0.1) is 5.92 Å². The number of halogens is 1. The Kier molecular flexibility index (Phi) is 8.50. The maximum absolute atomic E-state index is 5.71. The molecule has 0 N–H and O–H groups in total. The summed E-state index contributed by atoms with van der Waals surface area (Å²) in [5.41, 5.74) is 0. The lowest BCUT2D eigenvalue weighted by molar-refractivity contribution is 0.0910. The summed E-state index contributed by atoms with van der Waals surface area (Å²) in [6.45, 7) is 8.75. The number of hydrogen-bond donors (Lipinski definition) is 0. The van der Waals surface area contributed by atoms with Crippen molar-refractivity contribution < 1.29 is 4.74 Å². The fraction of sp³-hybridized carbons (Fsp3) is 1.00. The molecule has 0 aliphatic carbocycles. The van der Waals surface area contributed by atoms with E-state index in [1.165, 1.54) is 38.6 Å². The molecular weight excluding hydrogens is 278 g/mol. The minimum atomic E-state index is 0.758. The second-order valence-corrected chi connectivity index (χ2v) is 6.25. The van der Waals surface area contributed by atoms with Gasteiger partial charge < -0.3 is 4.74 Å². The molecule has 1 aliphatic rings. The molecule has 1 aliphatic heterocycles. The fourth-order valence-electron chi connectivity index (χ4n) is 2.43. The summed E-state index contributed by atoms with van der Waals surface area (Å²) in [4.78, 5) is 2.62. The van der Waals surface area contributed by atoms with E-state index < -0.39 is 0 Å². The third-order valence-electron chi connectivity index (χ3n) is 3.53. The molecule has 0 bridgehead atoms. The zero-order chi connectivity index (χ0) is 12.5. The van der Waals surface area contributed by atoms with Gasteiger partial charge in [-0.3, -0.25) is 4.90 Å². The first-order valence-electron chi connectivity index (χ1n) is 7.11. The van der Waals surface area contributed by atoms with E-state index in [2.05, 4.69) is 34.7 Å². The highest BCUT2D eigenvalue weighted by Crippen LogP contribution is 2.21. The van der Waals surface area contributed by atoms with Crippen LogP contribution in [0.5, 0.6) is 0 Å². The Morgan fingerprint density at radius 1 is 1.35 bits per heavy atom. The van der Waals surface area contributed by atoms with Crippen molar-refractivity contribution in [3.05, 3.63) is 0 Å². The normalized spacial score (nSPS) is 21.5. The summed E-state index contributed by atoms with van der Waals surface area (Å²) in [6, 6.07) is 0.821. The number of ether oxygens (including phenoxy) is 1. The van der Waals surface area contributed by atoms with Gasteiger partial charge in [-0.2, -0.15) is 0 Å². The number of hydrogen-bond acceptors (Lipinski definition) is 2. The average molecular weight is 306 g/mol. The summed E-state index contributed by atoms with van der Waals surface area (Å²) in [7, 11) is 0. The third kappa shape index (κ3) is 6.78. The van der Waals surface area contributed by atoms with Gasteiger partial charge in [-0.05, 0) is 44.6 Å². The van der Waals surface area contributed by atoms with Gasteiger partial charge in [-0.25, -0.2) is 0 Å². The van der Waals surface area contributed by atoms with E-state index in [4.69, 9.17) is 4.74 Å². The van der Waals surface area contributed by atoms with Crippen LogP contribution in [0.15, 0.2) is 0 Å². The molecule has 0 aromatic rings. The fourth-order valence-corrected chi connectivity index (χ4v) is 2.76. The summed E-state index contributed by atoms with van der Waals surface area (Å²) >= 11 is 3.52. The lowest BCUT2D eigenvalue weighted by atomic mass is 10.1. The Morgan fingerprint density at radius 3 is 2.88 bits per heavy atom. The molecule has 1 atom stereocenters. The predicted octanol–water partition coefficient (Wildman–Crippen LogP) is 3.69. The summed E-state index contributed by atoms with van der Waals surface area (Å²) in [6.07, 6.45) is 6.59. The average Bonchev–Trinajstić information content (AvgIpc) is 2.73. The van der Waals surface area contributed by atoms with E-state index in [1.54, 1.807) is 0 Å². The molecule has 3 heteroatoms. The first kappa shape index (κ1) is 15.5. The Hall–Kier alpha value is 0.400. The maximum Gasteiger partial charge on any atom is 0.0593 e. The highest BCUT2D eigenvalue weighted by atomic mass is 79.9. The second kappa shape index (κ2) is 9.35. The molecule has 102 valence electrons. The molecule has 1 unspecified atom stereocenters. The highest BCUT2D eigenvalue weighted by Gasteiger charge is 2.23. The number of nitrogens with zero attached hydrogens (tertiary/aromatic N) is 1. The van der Waals surface area contributed by atoms with E-state index >= 15 is 0 Å². The van der Waals surface area contributed by atoms with E-state index in [0.29, 0.717) is 0 Å². The van der Waals surface area contributed by atoms with Gasteiger partial charge in [-0.15, -0.1) is 0 Å². The maximum atomic E-state index is 5.71. The molecular formula is C14H28BrNO. The topological polar surface area (TPSA) is 12.5 Å². The Bertz CT molecular complexity index is 187. The molecule has 1 fully saturated rings. The van der Waals surface area contributed by atoms with Crippen LogP contribution >= 0.6 is 15.9 Å². The van der Waals surface area contributed by atoms with Crippen LogP contribution < -0.4 is 0 Å². The minimum absolute atomic E-state index is 0.758. The van der Waals surface area contributed by atoms with Gasteiger partial charge in [0.2, 0.25) is 0 Å². The van der Waals surface area contributed by atoms with E-state index in [0.717, 1.165) is 37.0 Å². The highest BCUT2D eigenvalue weighted by molar-refractivity contribution is 9.09. The minimum Gasteiger partial charge on any atom is -0.380 e. The standard InChI is InChI=1S/C14H28BrNO/c1-13(2)7-11-17-12-10-16-9-4-6-14(16)5-3-8-15/h13-14H,3-12H2,1-2H3. The van der Waals surface area contributed by atoms with Crippen molar-refractivity contribution in [3.63, 3.8) is 0 Å². The van der Waals surface area contributed by atoms with Gasteiger partial charge >= 0.3 is 0 Å². The Morgan fingerprint density at radius 2 is 2.18 bits per heavy atom. The van der Waals surface area contributed by atoms with Gasteiger partial charge in [0.25, 0.3) is 0 Å². The monoisotopic (exact) mass is 305 g/mol. The summed E-state index contributed by atoms with van der Waals surface area (Å²) in [5.74, 6) is 0.758. The molecule has 0 aromatic heterocycles. The first-order chi connectivity index (χ1) is 8.24. The van der Waals surface area contributed by atoms with Crippen molar-refractivity contribution in [1.29, 1.82) is 0 Å². The predicted molar refractivity (Wildman–Crippen MR) is 77.9 cm³/mol. The molecule has 1 heterocycles. The molecule has 17 heavy (non-hydrogen) atoms. The molecule has 0 spiro atoms. The molecule has 0 radical (unpaired) electrons. The molecule has 0 amide bonds. The second-order valence-electron chi connectivity index (χ2n) is 5.46. The van der Waals surface area contributed by atoms with Crippen molar-refractivity contribution in [2.75, 3.05) is 31.6 Å². The van der Waals surface area contributed by atoms with Crippen LogP contribution in [0.25, 0.3) is 0 Å². The molecule has 2 nitrogen and oxygen atoms in total. The van der Waals surface area contributed by atoms with Crippen molar-refractivity contribution in [1.82, 2.24) is 4.90 Å². The van der Waals surface area contributed by atoms with Gasteiger partial charge in [0.05, 0.1) is 6.61 Å². The molecule has 1 saturated heterocycles. The molecule has 0 saturated carbocycles. The largest absolute Gasteiger partial charge is 0.380 e. The number of likely N-dealkylation sites (tertiary alicyclic amines) is 1. The quantitative estimate of drug-likeness (QED) is 0.476. The van der Waals surface area contributed by atoms with E-state index in [9.17, 15) is 0 Å². The zero-order valence-corrected chi connectivity index (χ0v) is 13.0. The smallest absolute Gasteiger partial charge is 0.0593 e. The third-order valence-corrected chi connectivity index (χ3v) is 4.09. The van der Waals surface area contributed by atoms with E-state index in [-0.39, 0.29) is 0 Å². The van der Waals surface area contributed by atoms with Crippen molar-refractivity contribution in [2.45, 2.75) is 52.0 Å². The summed E-state index contributed by atoms with van der Waals surface area (Å²) in [5, 5.41) is 1.14. The molecule has 0 aromatic carbocycles. The number of alkyl halides is 1. The summed E-state index contributed by atoms with van der Waals surface area (Å²) < 4.78 is 5.71. The van der Waals surface area contributed by atoms with Crippen LogP contribution in [-0.4, -0.2) is 42.6 Å². The van der Waals surface area contributed by atoms with Crippen LogP contribution in [0.1, 0.15) is 46.0 Å². The lowest BCUT2D eigenvalue weighted by Gasteiger charge is -2.24. The van der Waals surface area contributed by atoms with Gasteiger partial charge in [-0.1, -0.05) is 29.8 Å². The Labute approximate surface area is 115 Å².